The van der Waals surface area contributed by atoms with Crippen molar-refractivity contribution in [3.8, 4) is 0 Å². The number of ether oxygens (including phenoxy) is 2. The molecule has 2 N–H and O–H groups in total. The van der Waals surface area contributed by atoms with E-state index in [4.69, 9.17) is 9.47 Å². The molecule has 0 spiro atoms. The lowest BCUT2D eigenvalue weighted by molar-refractivity contribution is -0.150. The first-order chi connectivity index (χ1) is 10.4. The molecule has 0 saturated carbocycles. The van der Waals surface area contributed by atoms with Crippen LogP contribution in [0.2, 0.25) is 0 Å². The zero-order valence-corrected chi connectivity index (χ0v) is 14.1. The highest BCUT2D eigenvalue weighted by atomic mass is 32.1. The molecule has 22 heavy (non-hydrogen) atoms. The molecular formula is C12H20N2O6S2. The Morgan fingerprint density at radius 3 is 1.36 bits per heavy atom. The maximum Gasteiger partial charge on any atom is 0.329 e. The molecule has 0 fully saturated rings. The minimum atomic E-state index is -1.08. The second-order valence-corrected chi connectivity index (χ2v) is 4.65. The van der Waals surface area contributed by atoms with Crippen LogP contribution in [0.25, 0.3) is 0 Å². The van der Waals surface area contributed by atoms with Gasteiger partial charge in [0, 0.05) is 11.5 Å². The average molecular weight is 352 g/mol. The number of nitrogens with one attached hydrogen (secondary N) is 2. The van der Waals surface area contributed by atoms with Gasteiger partial charge in [-0.05, 0) is 13.8 Å². The van der Waals surface area contributed by atoms with Gasteiger partial charge in [0.1, 0.15) is 12.1 Å². The molecule has 0 aliphatic rings. The van der Waals surface area contributed by atoms with Crippen LogP contribution in [-0.4, -0.2) is 60.6 Å². The summed E-state index contributed by atoms with van der Waals surface area (Å²) in [7, 11) is 0. The minimum absolute atomic E-state index is 0.0360. The molecule has 0 rings (SSSR count). The van der Waals surface area contributed by atoms with Crippen molar-refractivity contribution in [2.24, 2.45) is 0 Å². The van der Waals surface area contributed by atoms with Gasteiger partial charge in [0.05, 0.1) is 13.2 Å². The van der Waals surface area contributed by atoms with Crippen molar-refractivity contribution in [2.45, 2.75) is 25.9 Å². The van der Waals surface area contributed by atoms with Crippen molar-refractivity contribution < 1.29 is 28.7 Å². The third-order valence-corrected chi connectivity index (χ3v) is 3.05. The Bertz CT molecular complexity index is 380. The fourth-order valence-corrected chi connectivity index (χ4v) is 1.77. The van der Waals surface area contributed by atoms with Gasteiger partial charge >= 0.3 is 23.8 Å². The van der Waals surface area contributed by atoms with Crippen molar-refractivity contribution in [1.82, 2.24) is 10.6 Å². The normalized spacial score (nSPS) is 12.7. The van der Waals surface area contributed by atoms with Crippen molar-refractivity contribution >= 4 is 49.0 Å². The van der Waals surface area contributed by atoms with Gasteiger partial charge in [-0.25, -0.2) is 9.59 Å². The number of rotatable bonds is 8. The summed E-state index contributed by atoms with van der Waals surface area (Å²) in [5.74, 6) is -3.63. The van der Waals surface area contributed by atoms with Gasteiger partial charge in [0.15, 0.2) is 0 Å². The van der Waals surface area contributed by atoms with Crippen LogP contribution in [0.3, 0.4) is 0 Å². The highest BCUT2D eigenvalue weighted by Crippen LogP contribution is 1.95. The first-order valence-electron chi connectivity index (χ1n) is 6.57. The summed E-state index contributed by atoms with van der Waals surface area (Å²) in [5, 5.41) is 4.34. The van der Waals surface area contributed by atoms with Gasteiger partial charge < -0.3 is 20.1 Å². The Labute approximate surface area is 139 Å². The number of carbonyl (C=O) groups excluding carboxylic acids is 4. The van der Waals surface area contributed by atoms with Crippen molar-refractivity contribution in [3.05, 3.63) is 0 Å². The summed E-state index contributed by atoms with van der Waals surface area (Å²) in [5.41, 5.74) is 0. The maximum atomic E-state index is 11.7. The molecule has 0 aliphatic carbocycles. The molecule has 0 heterocycles. The zero-order chi connectivity index (χ0) is 17.1. The van der Waals surface area contributed by atoms with Gasteiger partial charge in [-0.1, -0.05) is 0 Å². The van der Waals surface area contributed by atoms with Crippen LogP contribution >= 0.6 is 25.3 Å². The van der Waals surface area contributed by atoms with Crippen LogP contribution in [0.1, 0.15) is 13.8 Å². The van der Waals surface area contributed by atoms with E-state index >= 15 is 0 Å². The number of hydrogen-bond acceptors (Lipinski definition) is 8. The van der Waals surface area contributed by atoms with Crippen LogP contribution in [0.15, 0.2) is 0 Å². The Kier molecular flexibility index (Phi) is 10.5. The molecule has 2 amide bonds. The van der Waals surface area contributed by atoms with Crippen molar-refractivity contribution in [2.75, 3.05) is 24.7 Å². The van der Waals surface area contributed by atoms with E-state index in [1.165, 1.54) is 0 Å². The summed E-state index contributed by atoms with van der Waals surface area (Å²) in [6.45, 7) is 3.49. The molecule has 0 bridgehead atoms. The quantitative estimate of drug-likeness (QED) is 0.252. The lowest BCUT2D eigenvalue weighted by Gasteiger charge is -2.17. The molecular weight excluding hydrogens is 332 g/mol. The van der Waals surface area contributed by atoms with Crippen LogP contribution in [0.5, 0.6) is 0 Å². The van der Waals surface area contributed by atoms with E-state index in [9.17, 15) is 19.2 Å². The van der Waals surface area contributed by atoms with E-state index in [1.54, 1.807) is 13.8 Å². The number of thiol groups is 2. The van der Waals surface area contributed by atoms with Crippen molar-refractivity contribution in [1.29, 1.82) is 0 Å². The molecule has 126 valence electrons. The van der Waals surface area contributed by atoms with Gasteiger partial charge in [0.2, 0.25) is 0 Å². The Morgan fingerprint density at radius 1 is 0.818 bits per heavy atom. The molecule has 10 heteroatoms. The predicted octanol–water partition coefficient (Wildman–Crippen LogP) is -1.06. The second-order valence-electron chi connectivity index (χ2n) is 3.92. The molecule has 0 aromatic heterocycles. The molecule has 8 nitrogen and oxygen atoms in total. The van der Waals surface area contributed by atoms with E-state index in [2.05, 4.69) is 35.9 Å². The summed E-state index contributed by atoms with van der Waals surface area (Å²) < 4.78 is 9.45. The molecule has 0 aromatic rings. The number of carbonyl (C=O) groups is 4. The second kappa shape index (κ2) is 11.2. The highest BCUT2D eigenvalue weighted by molar-refractivity contribution is 7.80. The summed E-state index contributed by atoms with van der Waals surface area (Å²) in [6, 6.07) is -2.11. The molecule has 0 aliphatic heterocycles. The van der Waals surface area contributed by atoms with Gasteiger partial charge in [-0.2, -0.15) is 25.3 Å². The Morgan fingerprint density at radius 2 is 1.14 bits per heavy atom. The smallest absolute Gasteiger partial charge is 0.329 e. The standard InChI is InChI=1S/C12H20N2O6S2/c1-3-19-11(17)7(5-21)13-9(15)10(16)14-8(6-22)12(18)20-4-2/h7-8,21-22H,3-6H2,1-2H3,(H,13,15)(H,14,16). The lowest BCUT2D eigenvalue weighted by Crippen LogP contribution is -2.53. The van der Waals surface area contributed by atoms with Gasteiger partial charge in [-0.15, -0.1) is 0 Å². The predicted molar refractivity (Wildman–Crippen MR) is 84.8 cm³/mol. The monoisotopic (exact) mass is 352 g/mol. The first-order valence-corrected chi connectivity index (χ1v) is 7.83. The fraction of sp³-hybridized carbons (Fsp3) is 0.667. The van der Waals surface area contributed by atoms with Crippen LogP contribution in [0, 0.1) is 0 Å². The van der Waals surface area contributed by atoms with Crippen LogP contribution in [-0.2, 0) is 28.7 Å². The van der Waals surface area contributed by atoms with Crippen molar-refractivity contribution in [3.63, 3.8) is 0 Å². The number of esters is 2. The fourth-order valence-electron chi connectivity index (χ4n) is 1.29. The summed E-state index contributed by atoms with van der Waals surface area (Å²) in [6.07, 6.45) is 0. The Hall–Kier alpha value is -1.42. The molecule has 0 radical (unpaired) electrons. The van der Waals surface area contributed by atoms with E-state index in [-0.39, 0.29) is 24.7 Å². The first kappa shape index (κ1) is 20.6. The molecule has 0 aromatic carbocycles. The molecule has 2 atom stereocenters. The third kappa shape index (κ3) is 7.03. The summed E-state index contributed by atoms with van der Waals surface area (Å²) in [4.78, 5) is 46.4. The van der Waals surface area contributed by atoms with Crippen LogP contribution in [0.4, 0.5) is 0 Å². The molecule has 0 saturated heterocycles. The van der Waals surface area contributed by atoms with Crippen LogP contribution < -0.4 is 10.6 Å². The SMILES string of the molecule is CCOC(=O)C(CS)NC(=O)C(=O)NC(CS)C(=O)OCC. The van der Waals surface area contributed by atoms with Gasteiger partial charge in [0.25, 0.3) is 0 Å². The van der Waals surface area contributed by atoms with E-state index < -0.39 is 35.8 Å². The number of hydrogen-bond donors (Lipinski definition) is 4. The largest absolute Gasteiger partial charge is 0.464 e. The summed E-state index contributed by atoms with van der Waals surface area (Å²) >= 11 is 7.81. The minimum Gasteiger partial charge on any atom is -0.464 e. The highest BCUT2D eigenvalue weighted by Gasteiger charge is 2.27. The number of amides is 2. The third-order valence-electron chi connectivity index (χ3n) is 2.32. The van der Waals surface area contributed by atoms with E-state index in [0.717, 1.165) is 0 Å². The lowest BCUT2D eigenvalue weighted by atomic mass is 10.3. The van der Waals surface area contributed by atoms with Gasteiger partial charge in [-0.3, -0.25) is 9.59 Å². The zero-order valence-electron chi connectivity index (χ0n) is 12.3. The van der Waals surface area contributed by atoms with E-state index in [1.807, 2.05) is 0 Å². The van der Waals surface area contributed by atoms with E-state index in [0.29, 0.717) is 0 Å². The average Bonchev–Trinajstić information content (AvgIpc) is 2.49. The maximum absolute atomic E-state index is 11.7. The topological polar surface area (TPSA) is 111 Å². The molecule has 2 unspecified atom stereocenters. The Balaban J connectivity index is 4.61.